The molecule has 18 heavy (non-hydrogen) atoms. The zero-order chi connectivity index (χ0) is 13.2. The van der Waals surface area contributed by atoms with Crippen LogP contribution in [0.2, 0.25) is 0 Å². The van der Waals surface area contributed by atoms with E-state index >= 15 is 0 Å². The van der Waals surface area contributed by atoms with Crippen LogP contribution >= 0.6 is 0 Å². The second kappa shape index (κ2) is 5.43. The summed E-state index contributed by atoms with van der Waals surface area (Å²) >= 11 is 0. The van der Waals surface area contributed by atoms with E-state index in [0.29, 0.717) is 17.5 Å². The first kappa shape index (κ1) is 13.6. The molecule has 1 aromatic rings. The molecule has 1 aliphatic rings. The van der Waals surface area contributed by atoms with Crippen molar-refractivity contribution in [2.24, 2.45) is 5.41 Å². The highest BCUT2D eigenvalue weighted by Crippen LogP contribution is 2.35. The van der Waals surface area contributed by atoms with Crippen LogP contribution in [-0.4, -0.2) is 15.8 Å². The summed E-state index contributed by atoms with van der Waals surface area (Å²) in [5.74, 6) is 0. The standard InChI is InChI=1S/C15H27N3/c1-5-18-11-13(10-16-18)12(2)17-14-7-6-8-15(3,4)9-14/h10-12,14,17H,5-9H2,1-4H3. The monoisotopic (exact) mass is 249 g/mol. The summed E-state index contributed by atoms with van der Waals surface area (Å²) in [5.41, 5.74) is 1.81. The second-order valence-corrected chi connectivity index (χ2v) is 6.48. The van der Waals surface area contributed by atoms with E-state index in [4.69, 9.17) is 0 Å². The number of nitrogens with one attached hydrogen (secondary N) is 1. The Morgan fingerprint density at radius 1 is 1.56 bits per heavy atom. The van der Waals surface area contributed by atoms with Crippen LogP contribution in [0.5, 0.6) is 0 Å². The average molecular weight is 249 g/mol. The zero-order valence-electron chi connectivity index (χ0n) is 12.2. The smallest absolute Gasteiger partial charge is 0.0537 e. The summed E-state index contributed by atoms with van der Waals surface area (Å²) in [7, 11) is 0. The molecule has 0 bridgehead atoms. The van der Waals surface area contributed by atoms with Gasteiger partial charge in [0.25, 0.3) is 0 Å². The van der Waals surface area contributed by atoms with Gasteiger partial charge < -0.3 is 5.32 Å². The van der Waals surface area contributed by atoms with Gasteiger partial charge in [-0.05, 0) is 38.5 Å². The topological polar surface area (TPSA) is 29.9 Å². The highest BCUT2D eigenvalue weighted by atomic mass is 15.3. The third-order valence-electron chi connectivity index (χ3n) is 4.17. The van der Waals surface area contributed by atoms with E-state index < -0.39 is 0 Å². The molecule has 3 nitrogen and oxygen atoms in total. The van der Waals surface area contributed by atoms with Gasteiger partial charge in [0.15, 0.2) is 0 Å². The first-order chi connectivity index (χ1) is 8.50. The molecule has 2 rings (SSSR count). The van der Waals surface area contributed by atoms with Crippen LogP contribution < -0.4 is 5.32 Å². The lowest BCUT2D eigenvalue weighted by Crippen LogP contribution is -2.38. The minimum absolute atomic E-state index is 0.407. The van der Waals surface area contributed by atoms with Crippen LogP contribution in [0.15, 0.2) is 12.4 Å². The van der Waals surface area contributed by atoms with Gasteiger partial charge in [-0.1, -0.05) is 20.3 Å². The van der Waals surface area contributed by atoms with Gasteiger partial charge in [-0.25, -0.2) is 0 Å². The van der Waals surface area contributed by atoms with E-state index in [1.165, 1.54) is 31.2 Å². The molecular formula is C15H27N3. The molecule has 0 spiro atoms. The highest BCUT2D eigenvalue weighted by molar-refractivity contribution is 5.09. The SMILES string of the molecule is CCn1cc(C(C)NC2CCCC(C)(C)C2)cn1. The molecule has 1 aromatic heterocycles. The summed E-state index contributed by atoms with van der Waals surface area (Å²) < 4.78 is 2.00. The molecule has 1 fully saturated rings. The van der Waals surface area contributed by atoms with Crippen LogP contribution in [-0.2, 0) is 6.54 Å². The fraction of sp³-hybridized carbons (Fsp3) is 0.800. The molecule has 0 amide bonds. The Bertz CT molecular complexity index is 381. The van der Waals surface area contributed by atoms with Crippen molar-refractivity contribution in [1.29, 1.82) is 0 Å². The summed E-state index contributed by atoms with van der Waals surface area (Å²) in [4.78, 5) is 0. The molecule has 0 aliphatic heterocycles. The van der Waals surface area contributed by atoms with E-state index in [1.807, 2.05) is 10.9 Å². The lowest BCUT2D eigenvalue weighted by Gasteiger charge is -2.37. The maximum Gasteiger partial charge on any atom is 0.0537 e. The van der Waals surface area contributed by atoms with Crippen molar-refractivity contribution >= 4 is 0 Å². The molecule has 0 saturated heterocycles. The zero-order valence-corrected chi connectivity index (χ0v) is 12.2. The van der Waals surface area contributed by atoms with Gasteiger partial charge in [-0.15, -0.1) is 0 Å². The third-order valence-corrected chi connectivity index (χ3v) is 4.17. The Morgan fingerprint density at radius 3 is 2.94 bits per heavy atom. The maximum absolute atomic E-state index is 4.35. The minimum atomic E-state index is 0.407. The number of aryl methyl sites for hydroxylation is 1. The van der Waals surface area contributed by atoms with Gasteiger partial charge >= 0.3 is 0 Å². The fourth-order valence-electron chi connectivity index (χ4n) is 3.07. The van der Waals surface area contributed by atoms with Gasteiger partial charge in [-0.2, -0.15) is 5.10 Å². The maximum atomic E-state index is 4.35. The molecule has 0 aromatic carbocycles. The molecule has 3 heteroatoms. The van der Waals surface area contributed by atoms with Crippen LogP contribution in [0, 0.1) is 5.41 Å². The quantitative estimate of drug-likeness (QED) is 0.884. The normalized spacial score (nSPS) is 25.0. The molecule has 1 aliphatic carbocycles. The van der Waals surface area contributed by atoms with E-state index in [1.54, 1.807) is 0 Å². The van der Waals surface area contributed by atoms with E-state index in [-0.39, 0.29) is 0 Å². The van der Waals surface area contributed by atoms with Gasteiger partial charge in [0.2, 0.25) is 0 Å². The Kier molecular flexibility index (Phi) is 4.10. The van der Waals surface area contributed by atoms with Crippen molar-refractivity contribution in [1.82, 2.24) is 15.1 Å². The van der Waals surface area contributed by atoms with Crippen molar-refractivity contribution in [3.8, 4) is 0 Å². The van der Waals surface area contributed by atoms with E-state index in [9.17, 15) is 0 Å². The molecule has 102 valence electrons. The predicted octanol–water partition coefficient (Wildman–Crippen LogP) is 3.52. The summed E-state index contributed by atoms with van der Waals surface area (Å²) in [6, 6.07) is 1.07. The summed E-state index contributed by atoms with van der Waals surface area (Å²) in [6.07, 6.45) is 9.48. The van der Waals surface area contributed by atoms with E-state index in [0.717, 1.165) is 6.54 Å². The molecule has 1 saturated carbocycles. The van der Waals surface area contributed by atoms with Crippen LogP contribution in [0.4, 0.5) is 0 Å². The van der Waals surface area contributed by atoms with Crippen molar-refractivity contribution in [3.63, 3.8) is 0 Å². The van der Waals surface area contributed by atoms with Crippen molar-refractivity contribution in [2.75, 3.05) is 0 Å². The Hall–Kier alpha value is -0.830. The number of hydrogen-bond acceptors (Lipinski definition) is 2. The number of aromatic nitrogens is 2. The Labute approximate surface area is 111 Å². The van der Waals surface area contributed by atoms with E-state index in [2.05, 4.69) is 44.3 Å². The summed E-state index contributed by atoms with van der Waals surface area (Å²) in [5, 5.41) is 8.13. The molecule has 1 heterocycles. The van der Waals surface area contributed by atoms with Gasteiger partial charge in [0.1, 0.15) is 0 Å². The lowest BCUT2D eigenvalue weighted by atomic mass is 9.75. The molecule has 2 unspecified atom stereocenters. The first-order valence-corrected chi connectivity index (χ1v) is 7.28. The number of hydrogen-bond donors (Lipinski definition) is 1. The first-order valence-electron chi connectivity index (χ1n) is 7.28. The Morgan fingerprint density at radius 2 is 2.33 bits per heavy atom. The molecule has 1 N–H and O–H groups in total. The minimum Gasteiger partial charge on any atom is -0.307 e. The number of nitrogens with zero attached hydrogens (tertiary/aromatic N) is 2. The largest absolute Gasteiger partial charge is 0.307 e. The molecular weight excluding hydrogens is 222 g/mol. The van der Waals surface area contributed by atoms with Crippen LogP contribution in [0.1, 0.15) is 65.0 Å². The lowest BCUT2D eigenvalue weighted by molar-refractivity contribution is 0.191. The van der Waals surface area contributed by atoms with Crippen LogP contribution in [0.3, 0.4) is 0 Å². The van der Waals surface area contributed by atoms with Gasteiger partial charge in [0.05, 0.1) is 6.20 Å². The second-order valence-electron chi connectivity index (χ2n) is 6.48. The number of rotatable bonds is 4. The average Bonchev–Trinajstić information content (AvgIpc) is 2.76. The van der Waals surface area contributed by atoms with Gasteiger partial charge in [-0.3, -0.25) is 4.68 Å². The molecule has 0 radical (unpaired) electrons. The Balaban J connectivity index is 1.92. The van der Waals surface area contributed by atoms with Crippen molar-refractivity contribution in [3.05, 3.63) is 18.0 Å². The fourth-order valence-corrected chi connectivity index (χ4v) is 3.07. The van der Waals surface area contributed by atoms with Crippen molar-refractivity contribution in [2.45, 2.75) is 72.0 Å². The highest BCUT2D eigenvalue weighted by Gasteiger charge is 2.28. The predicted molar refractivity (Wildman–Crippen MR) is 75.5 cm³/mol. The van der Waals surface area contributed by atoms with Gasteiger partial charge in [0, 0.05) is 30.4 Å². The van der Waals surface area contributed by atoms with Crippen molar-refractivity contribution < 1.29 is 0 Å². The third kappa shape index (κ3) is 3.35. The molecule has 2 atom stereocenters. The van der Waals surface area contributed by atoms with Crippen LogP contribution in [0.25, 0.3) is 0 Å². The summed E-state index contributed by atoms with van der Waals surface area (Å²) in [6.45, 7) is 10.1.